The zero-order valence-corrected chi connectivity index (χ0v) is 15.1. The van der Waals surface area contributed by atoms with Gasteiger partial charge in [0.2, 0.25) is 0 Å². The van der Waals surface area contributed by atoms with E-state index in [2.05, 4.69) is 5.32 Å². The Morgan fingerprint density at radius 3 is 1.84 bits per heavy atom. The van der Waals surface area contributed by atoms with Crippen LogP contribution in [0.15, 0.2) is 66.4 Å². The van der Waals surface area contributed by atoms with Crippen LogP contribution >= 0.6 is 11.6 Å². The van der Waals surface area contributed by atoms with Gasteiger partial charge in [-0.05, 0) is 31.5 Å². The highest BCUT2D eigenvalue weighted by Crippen LogP contribution is 2.23. The molecule has 0 saturated heterocycles. The van der Waals surface area contributed by atoms with Crippen molar-refractivity contribution in [1.29, 1.82) is 0 Å². The van der Waals surface area contributed by atoms with Gasteiger partial charge in [0.05, 0.1) is 5.03 Å². The number of likely N-dealkylation sites (N-methyl/N-ethyl adjacent to an activating group) is 1. The maximum Gasteiger partial charge on any atom is 0.271 e. The number of halogens is 1. The lowest BCUT2D eigenvalue weighted by atomic mass is 10.1. The molecule has 2 rings (SSSR count). The second kappa shape index (κ2) is 9.04. The first-order valence-corrected chi connectivity index (χ1v) is 8.57. The number of hydrogen-bond donors (Lipinski definition) is 1. The van der Waals surface area contributed by atoms with Crippen LogP contribution in [0.2, 0.25) is 0 Å². The Hall–Kier alpha value is -2.59. The lowest BCUT2D eigenvalue weighted by Crippen LogP contribution is -2.38. The van der Waals surface area contributed by atoms with Crippen molar-refractivity contribution in [3.8, 4) is 0 Å². The third-order valence-corrected chi connectivity index (χ3v) is 4.19. The summed E-state index contributed by atoms with van der Waals surface area (Å²) in [7, 11) is 0. The zero-order valence-electron chi connectivity index (χ0n) is 14.3. The molecule has 0 radical (unpaired) electrons. The van der Waals surface area contributed by atoms with Crippen molar-refractivity contribution in [1.82, 2.24) is 10.2 Å². The van der Waals surface area contributed by atoms with Crippen LogP contribution in [0.5, 0.6) is 0 Å². The van der Waals surface area contributed by atoms with Crippen LogP contribution in [0.1, 0.15) is 29.8 Å². The Morgan fingerprint density at radius 2 is 1.36 bits per heavy atom. The van der Waals surface area contributed by atoms with Crippen LogP contribution in [0.4, 0.5) is 0 Å². The van der Waals surface area contributed by atoms with Crippen LogP contribution < -0.4 is 5.32 Å². The van der Waals surface area contributed by atoms with E-state index >= 15 is 0 Å². The Kier molecular flexibility index (Phi) is 6.78. The molecule has 0 bridgehead atoms. The molecule has 5 heteroatoms. The number of nitrogens with zero attached hydrogens (tertiary/aromatic N) is 1. The smallest absolute Gasteiger partial charge is 0.271 e. The van der Waals surface area contributed by atoms with Crippen LogP contribution in [0.25, 0.3) is 5.03 Å². The Balaban J connectivity index is 2.42. The first-order chi connectivity index (χ1) is 12.1. The van der Waals surface area contributed by atoms with Crippen molar-refractivity contribution in [2.24, 2.45) is 0 Å². The molecule has 0 aliphatic heterocycles. The molecule has 2 aromatic carbocycles. The molecule has 0 aliphatic carbocycles. The van der Waals surface area contributed by atoms with Crippen LogP contribution in [0, 0.1) is 0 Å². The molecule has 1 N–H and O–H groups in total. The fourth-order valence-corrected chi connectivity index (χ4v) is 2.63. The van der Waals surface area contributed by atoms with Gasteiger partial charge in [-0.25, -0.2) is 0 Å². The largest absolute Gasteiger partial charge is 0.338 e. The van der Waals surface area contributed by atoms with Crippen molar-refractivity contribution in [3.63, 3.8) is 0 Å². The fraction of sp³-hybridized carbons (Fsp3) is 0.200. The predicted octanol–water partition coefficient (Wildman–Crippen LogP) is 3.89. The van der Waals surface area contributed by atoms with Gasteiger partial charge >= 0.3 is 0 Å². The van der Waals surface area contributed by atoms with Gasteiger partial charge in [-0.15, -0.1) is 0 Å². The molecule has 0 spiro atoms. The van der Waals surface area contributed by atoms with Crippen LogP contribution in [0.3, 0.4) is 0 Å². The van der Waals surface area contributed by atoms with Gasteiger partial charge in [-0.2, -0.15) is 0 Å². The van der Waals surface area contributed by atoms with Gasteiger partial charge in [-0.1, -0.05) is 60.1 Å². The van der Waals surface area contributed by atoms with E-state index in [1.54, 1.807) is 41.3 Å². The zero-order chi connectivity index (χ0) is 18.2. The van der Waals surface area contributed by atoms with E-state index in [1.165, 1.54) is 0 Å². The van der Waals surface area contributed by atoms with Crippen LogP contribution in [-0.4, -0.2) is 29.8 Å². The summed E-state index contributed by atoms with van der Waals surface area (Å²) < 4.78 is 0. The highest BCUT2D eigenvalue weighted by molar-refractivity contribution is 6.51. The van der Waals surface area contributed by atoms with Gasteiger partial charge in [0.1, 0.15) is 5.70 Å². The van der Waals surface area contributed by atoms with Gasteiger partial charge in [0.25, 0.3) is 11.8 Å². The van der Waals surface area contributed by atoms with Gasteiger partial charge in [-0.3, -0.25) is 9.59 Å². The second-order valence-electron chi connectivity index (χ2n) is 5.35. The molecule has 2 amide bonds. The summed E-state index contributed by atoms with van der Waals surface area (Å²) in [5, 5.41) is 2.92. The minimum atomic E-state index is -0.370. The molecule has 4 nitrogen and oxygen atoms in total. The predicted molar refractivity (Wildman–Crippen MR) is 101 cm³/mol. The lowest BCUT2D eigenvalue weighted by Gasteiger charge is -2.22. The quantitative estimate of drug-likeness (QED) is 0.798. The number of hydrogen-bond acceptors (Lipinski definition) is 2. The molecule has 0 fully saturated rings. The number of carbonyl (C=O) groups excluding carboxylic acids is 2. The summed E-state index contributed by atoms with van der Waals surface area (Å²) in [6.45, 7) is 4.82. The summed E-state index contributed by atoms with van der Waals surface area (Å²) in [4.78, 5) is 27.0. The average Bonchev–Trinajstić information content (AvgIpc) is 2.67. The monoisotopic (exact) mass is 356 g/mol. The molecule has 0 atom stereocenters. The highest BCUT2D eigenvalue weighted by atomic mass is 35.5. The summed E-state index contributed by atoms with van der Waals surface area (Å²) in [6.07, 6.45) is 0. The maximum absolute atomic E-state index is 12.9. The normalized spacial score (nSPS) is 11.5. The maximum atomic E-state index is 12.9. The van der Waals surface area contributed by atoms with Crippen molar-refractivity contribution in [3.05, 3.63) is 77.5 Å². The molecule has 0 aromatic heterocycles. The third-order valence-electron chi connectivity index (χ3n) is 3.79. The number of amides is 2. The molecule has 25 heavy (non-hydrogen) atoms. The van der Waals surface area contributed by atoms with E-state index in [4.69, 9.17) is 11.6 Å². The molecule has 0 saturated carbocycles. The van der Waals surface area contributed by atoms with Crippen LogP contribution in [-0.2, 0) is 4.79 Å². The second-order valence-corrected chi connectivity index (χ2v) is 5.73. The number of nitrogens with one attached hydrogen (secondary N) is 1. The van der Waals surface area contributed by atoms with E-state index in [0.717, 1.165) is 0 Å². The summed E-state index contributed by atoms with van der Waals surface area (Å²) in [6, 6.07) is 17.8. The summed E-state index contributed by atoms with van der Waals surface area (Å²) in [5.74, 6) is -0.673. The Bertz CT molecular complexity index is 754. The van der Waals surface area contributed by atoms with E-state index < -0.39 is 0 Å². The van der Waals surface area contributed by atoms with Crippen molar-refractivity contribution in [2.75, 3.05) is 13.1 Å². The minimum Gasteiger partial charge on any atom is -0.338 e. The number of rotatable bonds is 6. The molecule has 2 aromatic rings. The third kappa shape index (κ3) is 4.70. The number of benzene rings is 2. The Labute approximate surface area is 153 Å². The van der Waals surface area contributed by atoms with E-state index in [9.17, 15) is 9.59 Å². The van der Waals surface area contributed by atoms with Gasteiger partial charge in [0, 0.05) is 18.7 Å². The van der Waals surface area contributed by atoms with Gasteiger partial charge in [0.15, 0.2) is 0 Å². The van der Waals surface area contributed by atoms with Crippen molar-refractivity contribution >= 4 is 28.4 Å². The first kappa shape index (κ1) is 18.7. The fourth-order valence-electron chi connectivity index (χ4n) is 2.38. The number of carbonyl (C=O) groups is 2. The van der Waals surface area contributed by atoms with E-state index in [0.29, 0.717) is 24.2 Å². The molecule has 0 unspecified atom stereocenters. The lowest BCUT2D eigenvalue weighted by molar-refractivity contribution is -0.127. The first-order valence-electron chi connectivity index (χ1n) is 8.19. The molecular weight excluding hydrogens is 336 g/mol. The summed E-state index contributed by atoms with van der Waals surface area (Å²) >= 11 is 6.47. The SMILES string of the molecule is CCN(CC)C(=O)C(NC(=O)c1ccccc1)=C(Cl)c1ccccc1. The van der Waals surface area contributed by atoms with Crippen molar-refractivity contribution in [2.45, 2.75) is 13.8 Å². The van der Waals surface area contributed by atoms with E-state index in [-0.39, 0.29) is 22.5 Å². The average molecular weight is 357 g/mol. The topological polar surface area (TPSA) is 49.4 Å². The highest BCUT2D eigenvalue weighted by Gasteiger charge is 2.22. The van der Waals surface area contributed by atoms with Crippen molar-refractivity contribution < 1.29 is 9.59 Å². The van der Waals surface area contributed by atoms with E-state index in [1.807, 2.05) is 38.1 Å². The molecule has 0 heterocycles. The molecule has 0 aliphatic rings. The van der Waals surface area contributed by atoms with Gasteiger partial charge < -0.3 is 10.2 Å². The standard InChI is InChI=1S/C20H21ClN2O2/c1-3-23(4-2)20(25)18(17(21)15-11-7-5-8-12-15)22-19(24)16-13-9-6-10-14-16/h5-14H,3-4H2,1-2H3,(H,22,24). The molecular formula is C20H21ClN2O2. The Morgan fingerprint density at radius 1 is 0.880 bits per heavy atom. The molecule has 130 valence electrons. The summed E-state index contributed by atoms with van der Waals surface area (Å²) in [5.41, 5.74) is 1.23. The minimum absolute atomic E-state index is 0.0884.